The minimum Gasteiger partial charge on any atom is -0.465 e. The van der Waals surface area contributed by atoms with E-state index in [0.717, 1.165) is 4.40 Å². The fourth-order valence-electron chi connectivity index (χ4n) is 1.20. The van der Waals surface area contributed by atoms with Crippen LogP contribution in [0.3, 0.4) is 0 Å². The minimum absolute atomic E-state index is 0.193. The van der Waals surface area contributed by atoms with Gasteiger partial charge in [-0.15, -0.1) is 0 Å². The predicted octanol–water partition coefficient (Wildman–Crippen LogP) is 0.463. The number of halogens is 1. The van der Waals surface area contributed by atoms with Gasteiger partial charge in [0, 0.05) is 6.20 Å². The van der Waals surface area contributed by atoms with E-state index in [0.29, 0.717) is 0 Å². The Morgan fingerprint density at radius 1 is 1.67 bits per heavy atom. The van der Waals surface area contributed by atoms with Gasteiger partial charge in [0.25, 0.3) is 0 Å². The van der Waals surface area contributed by atoms with E-state index in [1.165, 1.54) is 19.4 Å². The maximum absolute atomic E-state index is 11.2. The number of nitrogens with one attached hydrogen (secondary N) is 1. The third kappa shape index (κ3) is 1.48. The molecule has 6 nitrogen and oxygen atoms in total. The Kier molecular flexibility index (Phi) is 2.20. The number of carbonyl (C=O) groups excluding carboxylic acids is 1. The summed E-state index contributed by atoms with van der Waals surface area (Å²) < 4.78 is 5.66. The number of esters is 1. The molecular weight excluding hydrogens is 222 g/mol. The Balaban J connectivity index is 2.76. The monoisotopic (exact) mass is 227 g/mol. The van der Waals surface area contributed by atoms with E-state index >= 15 is 0 Å². The molecule has 1 N–H and O–H groups in total. The van der Waals surface area contributed by atoms with Crippen LogP contribution >= 0.6 is 11.6 Å². The third-order valence-corrected chi connectivity index (χ3v) is 2.17. The molecule has 0 radical (unpaired) electrons. The molecule has 0 aliphatic heterocycles. The van der Waals surface area contributed by atoms with Crippen LogP contribution in [0, 0.1) is 0 Å². The molecule has 0 aromatic carbocycles. The number of ether oxygens (including phenoxy) is 1. The molecule has 15 heavy (non-hydrogen) atoms. The lowest BCUT2D eigenvalue weighted by atomic mass is 10.3. The molecule has 78 valence electrons. The molecule has 0 unspecified atom stereocenters. The van der Waals surface area contributed by atoms with Crippen LogP contribution in [-0.4, -0.2) is 27.7 Å². The van der Waals surface area contributed by atoms with Gasteiger partial charge in [0.1, 0.15) is 0 Å². The van der Waals surface area contributed by atoms with Gasteiger partial charge in [-0.1, -0.05) is 11.6 Å². The van der Waals surface area contributed by atoms with Crippen LogP contribution in [0.15, 0.2) is 17.1 Å². The highest BCUT2D eigenvalue weighted by atomic mass is 35.5. The molecular formula is C8H6ClN3O3. The van der Waals surface area contributed by atoms with Gasteiger partial charge in [-0.3, -0.25) is 0 Å². The Bertz CT molecular complexity index is 586. The number of nitrogens with zero attached hydrogens (tertiary/aromatic N) is 2. The largest absolute Gasteiger partial charge is 0.465 e. The summed E-state index contributed by atoms with van der Waals surface area (Å²) >= 11 is 5.83. The lowest BCUT2D eigenvalue weighted by Gasteiger charge is -2.00. The highest BCUT2D eigenvalue weighted by Gasteiger charge is 2.12. The van der Waals surface area contributed by atoms with Crippen LogP contribution in [0.2, 0.25) is 5.02 Å². The lowest BCUT2D eigenvalue weighted by molar-refractivity contribution is 0.0600. The van der Waals surface area contributed by atoms with E-state index in [2.05, 4.69) is 14.9 Å². The second-order valence-electron chi connectivity index (χ2n) is 2.79. The van der Waals surface area contributed by atoms with Crippen LogP contribution in [-0.2, 0) is 4.74 Å². The number of rotatable bonds is 1. The first-order chi connectivity index (χ1) is 7.13. The van der Waals surface area contributed by atoms with Gasteiger partial charge in [-0.25, -0.2) is 19.1 Å². The number of hydrogen-bond acceptors (Lipinski definition) is 4. The normalized spacial score (nSPS) is 10.5. The summed E-state index contributed by atoms with van der Waals surface area (Å²) in [7, 11) is 1.25. The van der Waals surface area contributed by atoms with Crippen LogP contribution in [0.25, 0.3) is 5.65 Å². The van der Waals surface area contributed by atoms with Crippen LogP contribution < -0.4 is 5.69 Å². The number of aromatic nitrogens is 3. The lowest BCUT2D eigenvalue weighted by Crippen LogP contribution is -2.11. The molecule has 0 fully saturated rings. The van der Waals surface area contributed by atoms with Crippen molar-refractivity contribution in [2.45, 2.75) is 0 Å². The van der Waals surface area contributed by atoms with E-state index in [4.69, 9.17) is 11.6 Å². The average Bonchev–Trinajstić information content (AvgIpc) is 2.60. The van der Waals surface area contributed by atoms with Gasteiger partial charge < -0.3 is 4.74 Å². The number of hydrogen-bond donors (Lipinski definition) is 1. The highest BCUT2D eigenvalue weighted by Crippen LogP contribution is 2.15. The summed E-state index contributed by atoms with van der Waals surface area (Å²) in [6.45, 7) is 0. The summed E-state index contributed by atoms with van der Waals surface area (Å²) in [5.41, 5.74) is 0.00507. The summed E-state index contributed by atoms with van der Waals surface area (Å²) in [5.74, 6) is -0.563. The van der Waals surface area contributed by atoms with Crippen molar-refractivity contribution in [1.29, 1.82) is 0 Å². The Labute approximate surface area is 88.4 Å². The number of methoxy groups -OCH3 is 1. The first-order valence-corrected chi connectivity index (χ1v) is 4.36. The van der Waals surface area contributed by atoms with E-state index in [1.54, 1.807) is 0 Å². The summed E-state index contributed by atoms with van der Waals surface area (Å²) in [6, 6.07) is 1.39. The first-order valence-electron chi connectivity index (χ1n) is 3.98. The number of H-pyrrole nitrogens is 1. The van der Waals surface area contributed by atoms with E-state index < -0.39 is 11.7 Å². The average molecular weight is 228 g/mol. The fourth-order valence-corrected chi connectivity index (χ4v) is 1.45. The maximum atomic E-state index is 11.2. The molecule has 0 saturated heterocycles. The molecule has 0 spiro atoms. The van der Waals surface area contributed by atoms with Crippen molar-refractivity contribution < 1.29 is 9.53 Å². The van der Waals surface area contributed by atoms with Gasteiger partial charge in [-0.05, 0) is 6.07 Å². The van der Waals surface area contributed by atoms with Crippen molar-refractivity contribution in [3.05, 3.63) is 33.3 Å². The molecule has 0 bridgehead atoms. The van der Waals surface area contributed by atoms with Crippen molar-refractivity contribution in [1.82, 2.24) is 14.6 Å². The van der Waals surface area contributed by atoms with Gasteiger partial charge in [0.05, 0.1) is 17.7 Å². The van der Waals surface area contributed by atoms with Crippen molar-refractivity contribution in [3.63, 3.8) is 0 Å². The molecule has 2 aromatic heterocycles. The summed E-state index contributed by atoms with van der Waals surface area (Å²) in [6.07, 6.45) is 1.32. The number of carbonyl (C=O) groups is 1. The van der Waals surface area contributed by atoms with Crippen LogP contribution in [0.5, 0.6) is 0 Å². The molecule has 7 heteroatoms. The summed E-state index contributed by atoms with van der Waals surface area (Å²) in [4.78, 5) is 22.4. The topological polar surface area (TPSA) is 76.5 Å². The van der Waals surface area contributed by atoms with Gasteiger partial charge in [0.2, 0.25) is 0 Å². The van der Waals surface area contributed by atoms with Crippen LogP contribution in [0.4, 0.5) is 0 Å². The maximum Gasteiger partial charge on any atom is 0.347 e. The Morgan fingerprint density at radius 3 is 3.07 bits per heavy atom. The van der Waals surface area contributed by atoms with Crippen LogP contribution in [0.1, 0.15) is 10.4 Å². The smallest absolute Gasteiger partial charge is 0.347 e. The number of aromatic amines is 1. The number of pyridine rings is 1. The molecule has 2 rings (SSSR count). The minimum atomic E-state index is -0.563. The van der Waals surface area contributed by atoms with E-state index in [1.807, 2.05) is 0 Å². The SMILES string of the molecule is COC(=O)c1cc(Cl)c2n[nH]c(=O)n2c1. The van der Waals surface area contributed by atoms with Crippen molar-refractivity contribution >= 4 is 23.2 Å². The zero-order valence-electron chi connectivity index (χ0n) is 7.65. The van der Waals surface area contributed by atoms with E-state index in [-0.39, 0.29) is 16.2 Å². The molecule has 2 aromatic rings. The number of fused-ring (bicyclic) bond motifs is 1. The molecule has 0 aliphatic rings. The molecule has 0 atom stereocenters. The summed E-state index contributed by atoms with van der Waals surface area (Å²) in [5, 5.41) is 6.11. The predicted molar refractivity (Wildman–Crippen MR) is 52.2 cm³/mol. The standard InChI is InChI=1S/C8H6ClN3O3/c1-15-7(13)4-2-5(9)6-10-11-8(14)12(6)3-4/h2-3H,1H3,(H,11,14). The van der Waals surface area contributed by atoms with Crippen molar-refractivity contribution in [2.75, 3.05) is 7.11 Å². The van der Waals surface area contributed by atoms with Crippen molar-refractivity contribution in [2.24, 2.45) is 0 Å². The van der Waals surface area contributed by atoms with Gasteiger partial charge >= 0.3 is 11.7 Å². The molecule has 2 heterocycles. The first kappa shape index (κ1) is 9.72. The van der Waals surface area contributed by atoms with Gasteiger partial charge in [-0.2, -0.15) is 5.10 Å². The fraction of sp³-hybridized carbons (Fsp3) is 0.125. The Morgan fingerprint density at radius 2 is 2.40 bits per heavy atom. The molecule has 0 amide bonds. The van der Waals surface area contributed by atoms with Crippen molar-refractivity contribution in [3.8, 4) is 0 Å². The Hall–Kier alpha value is -1.82. The quantitative estimate of drug-likeness (QED) is 0.719. The zero-order valence-corrected chi connectivity index (χ0v) is 8.41. The van der Waals surface area contributed by atoms with Gasteiger partial charge in [0.15, 0.2) is 5.65 Å². The molecule has 0 aliphatic carbocycles. The zero-order chi connectivity index (χ0) is 11.0. The highest BCUT2D eigenvalue weighted by molar-refractivity contribution is 6.33. The third-order valence-electron chi connectivity index (χ3n) is 1.89. The second kappa shape index (κ2) is 3.39. The molecule has 0 saturated carbocycles. The second-order valence-corrected chi connectivity index (χ2v) is 3.20. The van der Waals surface area contributed by atoms with E-state index in [9.17, 15) is 9.59 Å².